The second kappa shape index (κ2) is 10.1. The highest BCUT2D eigenvalue weighted by Crippen LogP contribution is 2.21. The van der Waals surface area contributed by atoms with E-state index in [2.05, 4.69) is 9.62 Å². The molecule has 0 aromatic heterocycles. The number of nitrogens with one attached hydrogen (secondary N) is 1. The fraction of sp³-hybridized carbons (Fsp3) is 0.368. The second-order valence-electron chi connectivity index (χ2n) is 6.17. The van der Waals surface area contributed by atoms with Gasteiger partial charge in [0.2, 0.25) is 10.0 Å². The fourth-order valence-electron chi connectivity index (χ4n) is 2.95. The molecule has 1 aliphatic heterocycles. The van der Waals surface area contributed by atoms with Gasteiger partial charge in [-0.05, 0) is 29.8 Å². The number of halogens is 1. The number of nitrogens with zero attached hydrogens (tertiary/aromatic N) is 1. The molecule has 3 rings (SSSR count). The third-order valence-corrected chi connectivity index (χ3v) is 5.90. The van der Waals surface area contributed by atoms with Gasteiger partial charge >= 0.3 is 0 Å². The van der Waals surface area contributed by atoms with Gasteiger partial charge in [0, 0.05) is 19.6 Å². The lowest BCUT2D eigenvalue weighted by atomic mass is 10.1. The first kappa shape index (κ1) is 21.7. The second-order valence-corrected chi connectivity index (χ2v) is 7.89. The van der Waals surface area contributed by atoms with Crippen LogP contribution in [0.3, 0.4) is 0 Å². The van der Waals surface area contributed by atoms with Gasteiger partial charge in [-0.25, -0.2) is 13.1 Å². The van der Waals surface area contributed by atoms with Crippen LogP contribution >= 0.6 is 12.4 Å². The summed E-state index contributed by atoms with van der Waals surface area (Å²) < 4.78 is 39.1. The highest BCUT2D eigenvalue weighted by atomic mass is 35.5. The third-order valence-electron chi connectivity index (χ3n) is 4.41. The van der Waals surface area contributed by atoms with E-state index in [1.165, 1.54) is 0 Å². The predicted octanol–water partition coefficient (Wildman–Crippen LogP) is 2.47. The molecule has 2 aromatic rings. The van der Waals surface area contributed by atoms with E-state index in [-0.39, 0.29) is 23.3 Å². The summed E-state index contributed by atoms with van der Waals surface area (Å²) in [6.45, 7) is 3.55. The zero-order chi connectivity index (χ0) is 18.4. The Labute approximate surface area is 166 Å². The summed E-state index contributed by atoms with van der Waals surface area (Å²) in [6, 6.07) is 15.7. The summed E-state index contributed by atoms with van der Waals surface area (Å²) in [5, 5.41) is 0. The first-order chi connectivity index (χ1) is 12.6. The van der Waals surface area contributed by atoms with Crippen molar-refractivity contribution in [1.82, 2.24) is 9.62 Å². The Morgan fingerprint density at radius 2 is 1.70 bits per heavy atom. The highest BCUT2D eigenvalue weighted by Gasteiger charge is 2.24. The molecule has 0 radical (unpaired) electrons. The summed E-state index contributed by atoms with van der Waals surface area (Å²) >= 11 is 0. The summed E-state index contributed by atoms with van der Waals surface area (Å²) in [7, 11) is -2.10. The van der Waals surface area contributed by atoms with Crippen LogP contribution < -0.4 is 9.46 Å². The van der Waals surface area contributed by atoms with Gasteiger partial charge in [0.05, 0.1) is 31.3 Å². The molecule has 8 heteroatoms. The Balaban J connectivity index is 0.00000261. The molecule has 1 atom stereocenters. The number of ether oxygens (including phenoxy) is 2. The molecule has 6 nitrogen and oxygen atoms in total. The Morgan fingerprint density at radius 1 is 1.07 bits per heavy atom. The van der Waals surface area contributed by atoms with Crippen molar-refractivity contribution in [3.63, 3.8) is 0 Å². The van der Waals surface area contributed by atoms with Gasteiger partial charge < -0.3 is 9.47 Å². The van der Waals surface area contributed by atoms with Crippen LogP contribution in [0.2, 0.25) is 0 Å². The maximum atomic E-state index is 12.9. The Hall–Kier alpha value is -1.64. The molecule has 1 fully saturated rings. The highest BCUT2D eigenvalue weighted by molar-refractivity contribution is 7.89. The Bertz CT molecular complexity index is 794. The van der Waals surface area contributed by atoms with Crippen LogP contribution in [0.15, 0.2) is 59.5 Å². The van der Waals surface area contributed by atoms with Gasteiger partial charge in [-0.15, -0.1) is 12.4 Å². The molecular weight excluding hydrogens is 388 g/mol. The number of methoxy groups -OCH3 is 1. The van der Waals surface area contributed by atoms with Gasteiger partial charge in [0.1, 0.15) is 5.75 Å². The molecule has 1 heterocycles. The van der Waals surface area contributed by atoms with Crippen LogP contribution in [0.1, 0.15) is 11.6 Å². The maximum Gasteiger partial charge on any atom is 0.241 e. The average Bonchev–Trinajstić information content (AvgIpc) is 2.69. The number of morpholine rings is 1. The van der Waals surface area contributed by atoms with E-state index in [0.29, 0.717) is 25.5 Å². The van der Waals surface area contributed by atoms with Crippen molar-refractivity contribution in [2.45, 2.75) is 10.9 Å². The Kier molecular flexibility index (Phi) is 8.07. The summed E-state index contributed by atoms with van der Waals surface area (Å²) in [4.78, 5) is 2.44. The largest absolute Gasteiger partial charge is 0.497 e. The van der Waals surface area contributed by atoms with Crippen molar-refractivity contribution >= 4 is 22.4 Å². The van der Waals surface area contributed by atoms with Crippen molar-refractivity contribution in [2.24, 2.45) is 0 Å². The zero-order valence-corrected chi connectivity index (χ0v) is 16.8. The monoisotopic (exact) mass is 412 g/mol. The predicted molar refractivity (Wildman–Crippen MR) is 107 cm³/mol. The van der Waals surface area contributed by atoms with E-state index in [1.807, 2.05) is 30.3 Å². The lowest BCUT2D eigenvalue weighted by Crippen LogP contribution is -2.43. The molecule has 1 unspecified atom stereocenters. The van der Waals surface area contributed by atoms with E-state index in [4.69, 9.17) is 9.47 Å². The van der Waals surface area contributed by atoms with Crippen LogP contribution in [0.5, 0.6) is 5.75 Å². The molecule has 0 spiro atoms. The third kappa shape index (κ3) is 5.92. The number of hydrogen-bond donors (Lipinski definition) is 1. The van der Waals surface area contributed by atoms with Crippen LogP contribution in [0, 0.1) is 0 Å². The fourth-order valence-corrected chi connectivity index (χ4v) is 4.16. The van der Waals surface area contributed by atoms with Gasteiger partial charge in [-0.3, -0.25) is 4.90 Å². The smallest absolute Gasteiger partial charge is 0.241 e. The first-order valence-electron chi connectivity index (χ1n) is 8.60. The average molecular weight is 413 g/mol. The SMILES string of the molecule is COc1ccc(S(=O)(=O)NC(CN2CCOCC2)c2ccccc2)cc1.Cl. The minimum absolute atomic E-state index is 0. The summed E-state index contributed by atoms with van der Waals surface area (Å²) in [6.07, 6.45) is 0. The van der Waals surface area contributed by atoms with E-state index < -0.39 is 10.0 Å². The quantitative estimate of drug-likeness (QED) is 0.756. The molecule has 1 N–H and O–H groups in total. The standard InChI is InChI=1S/C19H24N2O4S.ClH/c1-24-17-7-9-18(10-8-17)26(22,23)20-19(16-5-3-2-4-6-16)15-21-11-13-25-14-12-21;/h2-10,19-20H,11-15H2,1H3;1H. The minimum atomic E-state index is -3.65. The molecule has 1 aliphatic rings. The number of hydrogen-bond acceptors (Lipinski definition) is 5. The van der Waals surface area contributed by atoms with Crippen LogP contribution in [-0.4, -0.2) is 53.3 Å². The van der Waals surface area contributed by atoms with Gasteiger partial charge in [0.25, 0.3) is 0 Å². The molecule has 0 bridgehead atoms. The van der Waals surface area contributed by atoms with Gasteiger partial charge in [0.15, 0.2) is 0 Å². The molecule has 0 amide bonds. The number of benzene rings is 2. The topological polar surface area (TPSA) is 67.9 Å². The molecule has 0 saturated carbocycles. The minimum Gasteiger partial charge on any atom is -0.497 e. The number of sulfonamides is 1. The zero-order valence-electron chi connectivity index (χ0n) is 15.2. The molecule has 148 valence electrons. The summed E-state index contributed by atoms with van der Waals surface area (Å²) in [5.74, 6) is 0.622. The lowest BCUT2D eigenvalue weighted by molar-refractivity contribution is 0.0345. The van der Waals surface area contributed by atoms with E-state index in [1.54, 1.807) is 31.4 Å². The van der Waals surface area contributed by atoms with Crippen molar-refractivity contribution in [3.8, 4) is 5.75 Å². The van der Waals surface area contributed by atoms with E-state index >= 15 is 0 Å². The van der Waals surface area contributed by atoms with Crippen LogP contribution in [0.4, 0.5) is 0 Å². The molecule has 0 aliphatic carbocycles. The van der Waals surface area contributed by atoms with Gasteiger partial charge in [-0.1, -0.05) is 30.3 Å². The van der Waals surface area contributed by atoms with E-state index in [0.717, 1.165) is 18.7 Å². The molecule has 27 heavy (non-hydrogen) atoms. The van der Waals surface area contributed by atoms with Crippen molar-refractivity contribution in [2.75, 3.05) is 40.0 Å². The Morgan fingerprint density at radius 3 is 2.30 bits per heavy atom. The van der Waals surface area contributed by atoms with Crippen LogP contribution in [-0.2, 0) is 14.8 Å². The number of rotatable bonds is 7. The van der Waals surface area contributed by atoms with Crippen molar-refractivity contribution < 1.29 is 17.9 Å². The molecular formula is C19H25ClN2O4S. The normalized spacial score (nSPS) is 16.3. The van der Waals surface area contributed by atoms with E-state index in [9.17, 15) is 8.42 Å². The van der Waals surface area contributed by atoms with Gasteiger partial charge in [-0.2, -0.15) is 0 Å². The summed E-state index contributed by atoms with van der Waals surface area (Å²) in [5.41, 5.74) is 0.941. The molecule has 1 saturated heterocycles. The maximum absolute atomic E-state index is 12.9. The van der Waals surface area contributed by atoms with Crippen molar-refractivity contribution in [1.29, 1.82) is 0 Å². The van der Waals surface area contributed by atoms with Crippen molar-refractivity contribution in [3.05, 3.63) is 60.2 Å². The van der Waals surface area contributed by atoms with Crippen LogP contribution in [0.25, 0.3) is 0 Å². The molecule has 2 aromatic carbocycles. The first-order valence-corrected chi connectivity index (χ1v) is 10.1. The lowest BCUT2D eigenvalue weighted by Gasteiger charge is -2.31.